The summed E-state index contributed by atoms with van der Waals surface area (Å²) in [6.07, 6.45) is 7.49. The van der Waals surface area contributed by atoms with E-state index in [-0.39, 0.29) is 11.9 Å². The Labute approximate surface area is 131 Å². The summed E-state index contributed by atoms with van der Waals surface area (Å²) in [5.41, 5.74) is 7.87. The van der Waals surface area contributed by atoms with Crippen LogP contribution >= 0.6 is 0 Å². The van der Waals surface area contributed by atoms with E-state index in [0.29, 0.717) is 23.9 Å². The summed E-state index contributed by atoms with van der Waals surface area (Å²) in [6, 6.07) is 3.82. The number of imidazole rings is 1. The third-order valence-electron chi connectivity index (χ3n) is 4.55. The summed E-state index contributed by atoms with van der Waals surface area (Å²) < 4.78 is 1.87. The van der Waals surface area contributed by atoms with Crippen LogP contribution in [0.1, 0.15) is 37.0 Å². The van der Waals surface area contributed by atoms with Crippen molar-refractivity contribution in [2.24, 2.45) is 17.6 Å². The number of nitrogens with zero attached hydrogens (tertiary/aromatic N) is 3. The molecule has 1 aliphatic heterocycles. The van der Waals surface area contributed by atoms with E-state index >= 15 is 0 Å². The molecule has 0 unspecified atom stereocenters. The number of aromatic nitrogens is 2. The molecule has 5 heteroatoms. The van der Waals surface area contributed by atoms with Gasteiger partial charge in [0.15, 0.2) is 0 Å². The Morgan fingerprint density at radius 2 is 2.32 bits per heavy atom. The zero-order valence-electron chi connectivity index (χ0n) is 13.3. The molecule has 0 saturated carbocycles. The summed E-state index contributed by atoms with van der Waals surface area (Å²) in [4.78, 5) is 18.8. The molecule has 2 aromatic rings. The average molecular weight is 300 g/mol. The molecule has 0 radical (unpaired) electrons. The van der Waals surface area contributed by atoms with Gasteiger partial charge < -0.3 is 15.0 Å². The van der Waals surface area contributed by atoms with E-state index in [1.54, 1.807) is 12.5 Å². The van der Waals surface area contributed by atoms with Gasteiger partial charge in [-0.1, -0.05) is 13.8 Å². The van der Waals surface area contributed by atoms with Gasteiger partial charge in [-0.25, -0.2) is 4.98 Å². The number of piperidine rings is 1. The molecule has 2 atom stereocenters. The predicted octanol–water partition coefficient (Wildman–Crippen LogP) is 2.17. The highest BCUT2D eigenvalue weighted by Gasteiger charge is 2.30. The molecule has 0 bridgehead atoms. The maximum absolute atomic E-state index is 12.8. The third kappa shape index (κ3) is 2.86. The number of rotatable bonds is 3. The molecule has 118 valence electrons. The maximum Gasteiger partial charge on any atom is 0.256 e. The van der Waals surface area contributed by atoms with Crippen molar-refractivity contribution in [1.82, 2.24) is 14.3 Å². The molecule has 2 aromatic heterocycles. The highest BCUT2D eigenvalue weighted by molar-refractivity contribution is 6.00. The van der Waals surface area contributed by atoms with Crippen molar-refractivity contribution in [3.63, 3.8) is 0 Å². The Morgan fingerprint density at radius 1 is 1.50 bits per heavy atom. The van der Waals surface area contributed by atoms with Crippen LogP contribution in [0.5, 0.6) is 0 Å². The fourth-order valence-corrected chi connectivity index (χ4v) is 3.41. The van der Waals surface area contributed by atoms with Gasteiger partial charge in [0.25, 0.3) is 5.91 Å². The molecule has 3 heterocycles. The van der Waals surface area contributed by atoms with Crippen LogP contribution in [-0.2, 0) is 0 Å². The largest absolute Gasteiger partial charge is 0.337 e. The number of fused-ring (bicyclic) bond motifs is 1. The second-order valence-electron chi connectivity index (χ2n) is 6.70. The van der Waals surface area contributed by atoms with Crippen molar-refractivity contribution in [3.05, 3.63) is 36.4 Å². The van der Waals surface area contributed by atoms with Crippen LogP contribution in [0.2, 0.25) is 0 Å². The number of carbonyl (C=O) groups excluding carboxylic acids is 1. The van der Waals surface area contributed by atoms with E-state index in [2.05, 4.69) is 18.8 Å². The average Bonchev–Trinajstić information content (AvgIpc) is 2.96. The number of nitrogens with two attached hydrogens (primary N) is 1. The first-order valence-electron chi connectivity index (χ1n) is 8.01. The predicted molar refractivity (Wildman–Crippen MR) is 86.6 cm³/mol. The van der Waals surface area contributed by atoms with Crippen LogP contribution in [-0.4, -0.2) is 39.3 Å². The topological polar surface area (TPSA) is 63.6 Å². The highest BCUT2D eigenvalue weighted by Crippen LogP contribution is 2.25. The number of amides is 1. The van der Waals surface area contributed by atoms with Crippen molar-refractivity contribution in [1.29, 1.82) is 0 Å². The van der Waals surface area contributed by atoms with E-state index in [9.17, 15) is 4.79 Å². The van der Waals surface area contributed by atoms with Gasteiger partial charge in [-0.05, 0) is 36.8 Å². The van der Waals surface area contributed by atoms with Crippen molar-refractivity contribution in [2.75, 3.05) is 13.1 Å². The van der Waals surface area contributed by atoms with Gasteiger partial charge in [-0.3, -0.25) is 4.79 Å². The van der Waals surface area contributed by atoms with E-state index < -0.39 is 0 Å². The number of hydrogen-bond donors (Lipinski definition) is 1. The Hall–Kier alpha value is -1.88. The summed E-state index contributed by atoms with van der Waals surface area (Å²) in [7, 11) is 0. The monoisotopic (exact) mass is 300 g/mol. The fourth-order valence-electron chi connectivity index (χ4n) is 3.41. The van der Waals surface area contributed by atoms with Gasteiger partial charge in [-0.15, -0.1) is 0 Å². The lowest BCUT2D eigenvalue weighted by Gasteiger charge is -2.37. The number of pyridine rings is 1. The van der Waals surface area contributed by atoms with Gasteiger partial charge in [0.2, 0.25) is 0 Å². The van der Waals surface area contributed by atoms with Gasteiger partial charge in [0, 0.05) is 25.3 Å². The zero-order valence-corrected chi connectivity index (χ0v) is 13.3. The normalized spacial score (nSPS) is 22.5. The summed E-state index contributed by atoms with van der Waals surface area (Å²) in [5.74, 6) is 1.23. The molecule has 0 aliphatic carbocycles. The molecular formula is C17H24N4O. The van der Waals surface area contributed by atoms with E-state index in [1.165, 1.54) is 0 Å². The van der Waals surface area contributed by atoms with Crippen LogP contribution in [0.4, 0.5) is 0 Å². The SMILES string of the molecule is CC(C)C[C@@H]1CCN(C(=O)c2cccn3cncc23)C[C@H]1N. The van der Waals surface area contributed by atoms with Crippen LogP contribution in [0, 0.1) is 11.8 Å². The first-order chi connectivity index (χ1) is 10.6. The lowest BCUT2D eigenvalue weighted by atomic mass is 9.85. The fraction of sp³-hybridized carbons (Fsp3) is 0.529. The molecule has 0 spiro atoms. The minimum Gasteiger partial charge on any atom is -0.337 e. The molecule has 1 saturated heterocycles. The van der Waals surface area contributed by atoms with E-state index in [0.717, 1.165) is 24.9 Å². The lowest BCUT2D eigenvalue weighted by Crippen LogP contribution is -2.50. The minimum atomic E-state index is 0.0598. The van der Waals surface area contributed by atoms with Crippen LogP contribution in [0.25, 0.3) is 5.52 Å². The van der Waals surface area contributed by atoms with Crippen molar-refractivity contribution < 1.29 is 4.79 Å². The zero-order chi connectivity index (χ0) is 15.7. The van der Waals surface area contributed by atoms with Gasteiger partial charge in [-0.2, -0.15) is 0 Å². The van der Waals surface area contributed by atoms with Crippen molar-refractivity contribution >= 4 is 11.4 Å². The van der Waals surface area contributed by atoms with Gasteiger partial charge >= 0.3 is 0 Å². The molecule has 2 N–H and O–H groups in total. The van der Waals surface area contributed by atoms with Gasteiger partial charge in [0.05, 0.1) is 23.6 Å². The minimum absolute atomic E-state index is 0.0598. The maximum atomic E-state index is 12.8. The molecule has 1 fully saturated rings. The van der Waals surface area contributed by atoms with Crippen LogP contribution < -0.4 is 5.73 Å². The number of hydrogen-bond acceptors (Lipinski definition) is 3. The Morgan fingerprint density at radius 3 is 3.05 bits per heavy atom. The summed E-state index contributed by atoms with van der Waals surface area (Å²) >= 11 is 0. The van der Waals surface area contributed by atoms with E-state index in [1.807, 2.05) is 27.6 Å². The first-order valence-corrected chi connectivity index (χ1v) is 8.01. The molecule has 5 nitrogen and oxygen atoms in total. The number of carbonyl (C=O) groups is 1. The molecule has 1 aliphatic rings. The smallest absolute Gasteiger partial charge is 0.256 e. The second kappa shape index (κ2) is 6.08. The standard InChI is InChI=1S/C17H24N4O/c1-12(2)8-13-5-7-20(10-15(13)18)17(22)14-4-3-6-21-11-19-9-16(14)21/h3-4,6,9,11-13,15H,5,7-8,10,18H2,1-2H3/t13-,15+/m0/s1. The van der Waals surface area contributed by atoms with Crippen molar-refractivity contribution in [3.8, 4) is 0 Å². The Kier molecular flexibility index (Phi) is 4.16. The van der Waals surface area contributed by atoms with Crippen LogP contribution in [0.3, 0.4) is 0 Å². The second-order valence-corrected chi connectivity index (χ2v) is 6.70. The lowest BCUT2D eigenvalue weighted by molar-refractivity contribution is 0.0652. The molecule has 3 rings (SSSR count). The molecular weight excluding hydrogens is 276 g/mol. The Balaban J connectivity index is 1.75. The highest BCUT2D eigenvalue weighted by atomic mass is 16.2. The number of likely N-dealkylation sites (tertiary alicyclic amines) is 1. The summed E-state index contributed by atoms with van der Waals surface area (Å²) in [6.45, 7) is 5.89. The summed E-state index contributed by atoms with van der Waals surface area (Å²) in [5, 5.41) is 0. The molecule has 0 aromatic carbocycles. The first kappa shape index (κ1) is 15.0. The van der Waals surface area contributed by atoms with Crippen molar-refractivity contribution in [2.45, 2.75) is 32.7 Å². The Bertz CT molecular complexity index is 663. The van der Waals surface area contributed by atoms with Crippen LogP contribution in [0.15, 0.2) is 30.9 Å². The van der Waals surface area contributed by atoms with E-state index in [4.69, 9.17) is 5.73 Å². The third-order valence-corrected chi connectivity index (χ3v) is 4.55. The molecule has 1 amide bonds. The van der Waals surface area contributed by atoms with Gasteiger partial charge in [0.1, 0.15) is 0 Å². The molecule has 22 heavy (non-hydrogen) atoms. The quantitative estimate of drug-likeness (QED) is 0.945.